The number of aromatic nitrogens is 2. The molecule has 0 spiro atoms. The quantitative estimate of drug-likeness (QED) is 0.800. The summed E-state index contributed by atoms with van der Waals surface area (Å²) in [5.74, 6) is 0.541. The summed E-state index contributed by atoms with van der Waals surface area (Å²) in [6, 6.07) is 0.288. The van der Waals surface area contributed by atoms with Crippen molar-refractivity contribution >= 4 is 10.0 Å². The molecule has 2 heterocycles. The Morgan fingerprint density at radius 2 is 2.16 bits per heavy atom. The number of imidazole rings is 1. The molecule has 2 fully saturated rings. The van der Waals surface area contributed by atoms with Crippen LogP contribution in [-0.4, -0.2) is 48.4 Å². The molecule has 2 N–H and O–H groups in total. The summed E-state index contributed by atoms with van der Waals surface area (Å²) < 4.78 is 26.8. The van der Waals surface area contributed by atoms with Crippen molar-refractivity contribution in [2.45, 2.75) is 36.8 Å². The van der Waals surface area contributed by atoms with Crippen molar-refractivity contribution in [2.24, 2.45) is 5.92 Å². The number of rotatable bonds is 6. The second kappa shape index (κ2) is 5.22. The van der Waals surface area contributed by atoms with Gasteiger partial charge in [-0.1, -0.05) is 0 Å². The van der Waals surface area contributed by atoms with Gasteiger partial charge in [0.15, 0.2) is 5.03 Å². The minimum absolute atomic E-state index is 0.200. The minimum Gasteiger partial charge on any atom is -0.335 e. The van der Waals surface area contributed by atoms with Crippen molar-refractivity contribution in [1.82, 2.24) is 19.6 Å². The molecule has 0 amide bonds. The van der Waals surface area contributed by atoms with E-state index in [1.165, 1.54) is 12.5 Å². The highest BCUT2D eigenvalue weighted by Crippen LogP contribution is 2.31. The molecule has 1 aromatic rings. The number of nitrogens with zero attached hydrogens (tertiary/aromatic N) is 2. The smallest absolute Gasteiger partial charge is 0.260 e. The lowest BCUT2D eigenvalue weighted by atomic mass is 10.2. The van der Waals surface area contributed by atoms with Gasteiger partial charge >= 0.3 is 0 Å². The van der Waals surface area contributed by atoms with Crippen molar-refractivity contribution in [2.75, 3.05) is 19.6 Å². The lowest BCUT2D eigenvalue weighted by molar-refractivity contribution is 0.357. The van der Waals surface area contributed by atoms with Crippen LogP contribution in [0.1, 0.15) is 25.7 Å². The standard InChI is InChI=1S/C12H20N4O2S/c17-19(18,12-6-13-9-15-12)16(7-10-3-4-10)8-11-2-1-5-14-11/h6,9-11,14H,1-5,7-8H2,(H,13,15). The molecule has 0 bridgehead atoms. The van der Waals surface area contributed by atoms with Crippen LogP contribution < -0.4 is 5.32 Å². The van der Waals surface area contributed by atoms with Gasteiger partial charge in [0.05, 0.1) is 12.5 Å². The summed E-state index contributed by atoms with van der Waals surface area (Å²) in [6.07, 6.45) is 7.28. The first-order valence-electron chi connectivity index (χ1n) is 6.88. The average molecular weight is 284 g/mol. The molecule has 1 aliphatic heterocycles. The molecule has 6 nitrogen and oxygen atoms in total. The third kappa shape index (κ3) is 2.98. The monoisotopic (exact) mass is 284 g/mol. The maximum absolute atomic E-state index is 12.6. The van der Waals surface area contributed by atoms with Crippen LogP contribution in [0.4, 0.5) is 0 Å². The fourth-order valence-electron chi connectivity index (χ4n) is 2.54. The predicted octanol–water partition coefficient (Wildman–Crippen LogP) is 0.562. The van der Waals surface area contributed by atoms with E-state index in [4.69, 9.17) is 0 Å². The molecule has 1 atom stereocenters. The van der Waals surface area contributed by atoms with Gasteiger partial charge in [-0.25, -0.2) is 13.4 Å². The summed E-state index contributed by atoms with van der Waals surface area (Å²) in [5, 5.41) is 3.57. The molecule has 106 valence electrons. The summed E-state index contributed by atoms with van der Waals surface area (Å²) in [7, 11) is -3.42. The Hall–Kier alpha value is -0.920. The topological polar surface area (TPSA) is 78.1 Å². The number of H-pyrrole nitrogens is 1. The number of hydrogen-bond acceptors (Lipinski definition) is 4. The first-order chi connectivity index (χ1) is 9.16. The zero-order valence-electron chi connectivity index (χ0n) is 10.9. The van der Waals surface area contributed by atoms with Gasteiger partial charge in [0.2, 0.25) is 0 Å². The summed E-state index contributed by atoms with van der Waals surface area (Å²) in [5.41, 5.74) is 0. The minimum atomic E-state index is -3.42. The van der Waals surface area contributed by atoms with Gasteiger partial charge in [-0.3, -0.25) is 0 Å². The Morgan fingerprint density at radius 1 is 1.32 bits per heavy atom. The van der Waals surface area contributed by atoms with E-state index in [2.05, 4.69) is 15.3 Å². The van der Waals surface area contributed by atoms with Crippen molar-refractivity contribution in [1.29, 1.82) is 0 Å². The maximum atomic E-state index is 12.6. The van der Waals surface area contributed by atoms with Crippen molar-refractivity contribution in [3.8, 4) is 0 Å². The highest BCUT2D eigenvalue weighted by Gasteiger charge is 2.34. The third-order valence-corrected chi connectivity index (χ3v) is 5.59. The van der Waals surface area contributed by atoms with Crippen LogP contribution in [0.15, 0.2) is 17.6 Å². The normalized spacial score (nSPS) is 24.2. The fraction of sp³-hybridized carbons (Fsp3) is 0.750. The zero-order chi connectivity index (χ0) is 13.3. The van der Waals surface area contributed by atoms with Gasteiger partial charge < -0.3 is 10.3 Å². The molecule has 2 aliphatic rings. The maximum Gasteiger partial charge on any atom is 0.260 e. The highest BCUT2D eigenvalue weighted by atomic mass is 32.2. The van der Waals surface area contributed by atoms with Gasteiger partial charge in [-0.2, -0.15) is 4.31 Å². The molecule has 7 heteroatoms. The Morgan fingerprint density at radius 3 is 2.74 bits per heavy atom. The van der Waals surface area contributed by atoms with Gasteiger partial charge in [-0.05, 0) is 38.1 Å². The Bertz CT molecular complexity index is 504. The SMILES string of the molecule is O=S(=O)(c1cnc[nH]1)N(CC1CC1)CC1CCCN1. The second-order valence-corrected chi connectivity index (χ2v) is 7.38. The zero-order valence-corrected chi connectivity index (χ0v) is 11.7. The summed E-state index contributed by atoms with van der Waals surface area (Å²) in [4.78, 5) is 6.54. The van der Waals surface area contributed by atoms with Crippen LogP contribution in [0.25, 0.3) is 0 Å². The van der Waals surface area contributed by atoms with E-state index in [1.807, 2.05) is 0 Å². The third-order valence-electron chi connectivity index (χ3n) is 3.84. The first kappa shape index (κ1) is 13.1. The predicted molar refractivity (Wildman–Crippen MR) is 71.1 cm³/mol. The van der Waals surface area contributed by atoms with Crippen LogP contribution in [0, 0.1) is 5.92 Å². The second-order valence-electron chi connectivity index (χ2n) is 5.47. The number of hydrogen-bond donors (Lipinski definition) is 2. The molecule has 1 unspecified atom stereocenters. The molecule has 19 heavy (non-hydrogen) atoms. The molecule has 1 aromatic heterocycles. The molecule has 0 aromatic carbocycles. The van der Waals surface area contributed by atoms with Gasteiger partial charge in [-0.15, -0.1) is 0 Å². The lowest BCUT2D eigenvalue weighted by Crippen LogP contribution is -2.42. The van der Waals surface area contributed by atoms with Crippen LogP contribution in [0.3, 0.4) is 0 Å². The number of nitrogens with one attached hydrogen (secondary N) is 2. The Kier molecular flexibility index (Phi) is 3.60. The Balaban J connectivity index is 1.76. The molecule has 0 radical (unpaired) electrons. The molecular formula is C12H20N4O2S. The molecule has 1 saturated heterocycles. The first-order valence-corrected chi connectivity index (χ1v) is 8.32. The van der Waals surface area contributed by atoms with E-state index < -0.39 is 10.0 Å². The van der Waals surface area contributed by atoms with E-state index in [0.29, 0.717) is 19.0 Å². The lowest BCUT2D eigenvalue weighted by Gasteiger charge is -2.24. The van der Waals surface area contributed by atoms with Gasteiger partial charge in [0, 0.05) is 19.1 Å². The van der Waals surface area contributed by atoms with Crippen molar-refractivity contribution in [3.63, 3.8) is 0 Å². The Labute approximate surface area is 113 Å². The van der Waals surface area contributed by atoms with Crippen LogP contribution >= 0.6 is 0 Å². The fourth-order valence-corrected chi connectivity index (χ4v) is 4.00. The van der Waals surface area contributed by atoms with E-state index in [0.717, 1.165) is 32.2 Å². The van der Waals surface area contributed by atoms with Crippen LogP contribution in [-0.2, 0) is 10.0 Å². The van der Waals surface area contributed by atoms with Crippen LogP contribution in [0.5, 0.6) is 0 Å². The van der Waals surface area contributed by atoms with Crippen molar-refractivity contribution < 1.29 is 8.42 Å². The van der Waals surface area contributed by atoms with Gasteiger partial charge in [0.25, 0.3) is 10.0 Å². The molecule has 1 aliphatic carbocycles. The van der Waals surface area contributed by atoms with Crippen LogP contribution in [0.2, 0.25) is 0 Å². The molecule has 3 rings (SSSR count). The largest absolute Gasteiger partial charge is 0.335 e. The van der Waals surface area contributed by atoms with E-state index in [1.54, 1.807) is 4.31 Å². The van der Waals surface area contributed by atoms with Gasteiger partial charge in [0.1, 0.15) is 0 Å². The summed E-state index contributed by atoms with van der Waals surface area (Å²) >= 11 is 0. The number of sulfonamides is 1. The summed E-state index contributed by atoms with van der Waals surface area (Å²) in [6.45, 7) is 2.20. The van der Waals surface area contributed by atoms with E-state index >= 15 is 0 Å². The molecular weight excluding hydrogens is 264 g/mol. The molecule has 1 saturated carbocycles. The highest BCUT2D eigenvalue weighted by molar-refractivity contribution is 7.89. The van der Waals surface area contributed by atoms with Crippen molar-refractivity contribution in [3.05, 3.63) is 12.5 Å². The van der Waals surface area contributed by atoms with E-state index in [9.17, 15) is 8.42 Å². The average Bonchev–Trinajstić information content (AvgIpc) is 2.87. The number of aromatic amines is 1. The van der Waals surface area contributed by atoms with E-state index in [-0.39, 0.29) is 11.1 Å².